The molecule has 1 aliphatic carbocycles. The number of aryl methyl sites for hydroxylation is 2. The highest BCUT2D eigenvalue weighted by atomic mass is 16.1. The number of carbonyl (C=O) groups excluding carboxylic acids is 2. The third kappa shape index (κ3) is 3.86. The van der Waals surface area contributed by atoms with E-state index in [2.05, 4.69) is 29.6 Å². The zero-order valence-electron chi connectivity index (χ0n) is 19.4. The van der Waals surface area contributed by atoms with Crippen molar-refractivity contribution in [3.8, 4) is 0 Å². The van der Waals surface area contributed by atoms with E-state index < -0.39 is 0 Å². The summed E-state index contributed by atoms with van der Waals surface area (Å²) in [5.74, 6) is 0.515. The number of carbonyl (C=O) groups is 2. The lowest BCUT2D eigenvalue weighted by Crippen LogP contribution is -2.37. The first-order valence-corrected chi connectivity index (χ1v) is 11.3. The fraction of sp³-hybridized carbons (Fsp3) is 0.296. The number of hydrogen-bond donors (Lipinski definition) is 2. The van der Waals surface area contributed by atoms with E-state index in [1.165, 1.54) is 0 Å². The van der Waals surface area contributed by atoms with Crippen molar-refractivity contribution in [1.82, 2.24) is 9.78 Å². The summed E-state index contributed by atoms with van der Waals surface area (Å²) in [6.07, 6.45) is 2.81. The number of hydrogen-bond acceptors (Lipinski definition) is 4. The third-order valence-electron chi connectivity index (χ3n) is 6.45. The van der Waals surface area contributed by atoms with Crippen molar-refractivity contribution >= 4 is 23.2 Å². The molecule has 0 saturated carbocycles. The Morgan fingerprint density at radius 3 is 2.33 bits per heavy atom. The minimum Gasteiger partial charge on any atom is -0.343 e. The Morgan fingerprint density at radius 1 is 1.03 bits per heavy atom. The number of rotatable bonds is 3. The summed E-state index contributed by atoms with van der Waals surface area (Å²) < 4.78 is 1.78. The summed E-state index contributed by atoms with van der Waals surface area (Å²) in [5.41, 5.74) is 5.93. The molecule has 2 heterocycles. The van der Waals surface area contributed by atoms with Crippen LogP contribution >= 0.6 is 0 Å². The van der Waals surface area contributed by atoms with Gasteiger partial charge in [0.05, 0.1) is 6.20 Å². The van der Waals surface area contributed by atoms with Crippen LogP contribution in [0.25, 0.3) is 0 Å². The van der Waals surface area contributed by atoms with Crippen molar-refractivity contribution in [1.29, 1.82) is 0 Å². The molecule has 0 saturated heterocycles. The molecule has 0 fully saturated rings. The summed E-state index contributed by atoms with van der Waals surface area (Å²) in [5, 5.41) is 11.0. The molecule has 0 spiro atoms. The Balaban J connectivity index is 1.58. The number of anilines is 2. The summed E-state index contributed by atoms with van der Waals surface area (Å²) in [4.78, 5) is 26.5. The van der Waals surface area contributed by atoms with Crippen molar-refractivity contribution in [2.24, 2.45) is 5.41 Å². The lowest BCUT2D eigenvalue weighted by atomic mass is 9.73. The van der Waals surface area contributed by atoms with Crippen molar-refractivity contribution in [2.45, 2.75) is 46.6 Å². The van der Waals surface area contributed by atoms with Crippen LogP contribution in [-0.4, -0.2) is 21.5 Å². The first-order chi connectivity index (χ1) is 15.7. The number of aromatic nitrogens is 2. The van der Waals surface area contributed by atoms with Crippen molar-refractivity contribution in [3.63, 3.8) is 0 Å². The third-order valence-corrected chi connectivity index (χ3v) is 6.45. The molecule has 6 heteroatoms. The van der Waals surface area contributed by atoms with Gasteiger partial charge in [-0.1, -0.05) is 61.4 Å². The number of Topliss-reactive ketones (excluding diaryl/α,β-unsaturated/α-hetero) is 1. The largest absolute Gasteiger partial charge is 0.343 e. The minimum absolute atomic E-state index is 0.131. The Kier molecular flexibility index (Phi) is 4.96. The number of benzene rings is 2. The fourth-order valence-electron chi connectivity index (χ4n) is 4.77. The molecule has 5 rings (SSSR count). The highest BCUT2D eigenvalue weighted by molar-refractivity contribution is 6.08. The normalized spacial score (nSPS) is 18.9. The van der Waals surface area contributed by atoms with Gasteiger partial charge >= 0.3 is 0 Å². The number of amides is 1. The zero-order chi connectivity index (χ0) is 23.3. The van der Waals surface area contributed by atoms with Gasteiger partial charge < -0.3 is 10.6 Å². The van der Waals surface area contributed by atoms with Gasteiger partial charge in [0.1, 0.15) is 17.4 Å². The van der Waals surface area contributed by atoms with E-state index in [0.29, 0.717) is 17.8 Å². The second kappa shape index (κ2) is 7.73. The van der Waals surface area contributed by atoms with Crippen LogP contribution in [-0.2, 0) is 4.79 Å². The van der Waals surface area contributed by atoms with Gasteiger partial charge in [-0.05, 0) is 43.4 Å². The molecule has 2 N–H and O–H groups in total. The second-order valence-corrected chi connectivity index (χ2v) is 9.94. The highest BCUT2D eigenvalue weighted by Crippen LogP contribution is 2.46. The van der Waals surface area contributed by atoms with Gasteiger partial charge in [-0.3, -0.25) is 9.59 Å². The SMILES string of the molecule is Cc1ccc(NC(=O)c2cnn3c2NC2=C(C(=O)CC(C)(C)C2)[C@H]3c2ccc(C)cc2)cc1. The molecule has 1 atom stereocenters. The van der Waals surface area contributed by atoms with Gasteiger partial charge in [-0.15, -0.1) is 0 Å². The number of fused-ring (bicyclic) bond motifs is 1. The summed E-state index contributed by atoms with van der Waals surface area (Å²) in [7, 11) is 0. The maximum Gasteiger partial charge on any atom is 0.261 e. The average Bonchev–Trinajstić information content (AvgIpc) is 3.17. The van der Waals surface area contributed by atoms with Crippen LogP contribution in [0, 0.1) is 19.3 Å². The predicted octanol–water partition coefficient (Wildman–Crippen LogP) is 5.41. The molecule has 3 aromatic rings. The molecular weight excluding hydrogens is 412 g/mol. The maximum absolute atomic E-state index is 13.3. The van der Waals surface area contributed by atoms with E-state index >= 15 is 0 Å². The lowest BCUT2D eigenvalue weighted by Gasteiger charge is -2.39. The van der Waals surface area contributed by atoms with Crippen LogP contribution in [0.2, 0.25) is 0 Å². The monoisotopic (exact) mass is 440 g/mol. The van der Waals surface area contributed by atoms with Gasteiger partial charge in [-0.25, -0.2) is 4.68 Å². The lowest BCUT2D eigenvalue weighted by molar-refractivity contribution is -0.118. The summed E-state index contributed by atoms with van der Waals surface area (Å²) in [6.45, 7) is 8.26. The number of nitrogens with one attached hydrogen (secondary N) is 2. The quantitative estimate of drug-likeness (QED) is 0.571. The van der Waals surface area contributed by atoms with Crippen molar-refractivity contribution in [3.05, 3.63) is 88.3 Å². The highest BCUT2D eigenvalue weighted by Gasteiger charge is 2.42. The predicted molar refractivity (Wildman–Crippen MR) is 129 cm³/mol. The zero-order valence-corrected chi connectivity index (χ0v) is 19.4. The van der Waals surface area contributed by atoms with Crippen LogP contribution < -0.4 is 10.6 Å². The van der Waals surface area contributed by atoms with Gasteiger partial charge in [-0.2, -0.15) is 5.10 Å². The maximum atomic E-state index is 13.3. The van der Waals surface area contributed by atoms with E-state index in [0.717, 1.165) is 40.1 Å². The van der Waals surface area contributed by atoms with Crippen LogP contribution in [0.15, 0.2) is 66.0 Å². The van der Waals surface area contributed by atoms with Gasteiger partial charge in [0.25, 0.3) is 5.91 Å². The Labute approximate surface area is 193 Å². The van der Waals surface area contributed by atoms with E-state index in [1.807, 2.05) is 62.4 Å². The summed E-state index contributed by atoms with van der Waals surface area (Å²) in [6, 6.07) is 15.5. The van der Waals surface area contributed by atoms with Crippen LogP contribution in [0.4, 0.5) is 11.5 Å². The van der Waals surface area contributed by atoms with Crippen LogP contribution in [0.5, 0.6) is 0 Å². The molecule has 1 aromatic heterocycles. The molecule has 1 amide bonds. The Hall–Kier alpha value is -3.67. The van der Waals surface area contributed by atoms with E-state index in [1.54, 1.807) is 10.9 Å². The second-order valence-electron chi connectivity index (χ2n) is 9.94. The van der Waals surface area contributed by atoms with Crippen LogP contribution in [0.1, 0.15) is 59.8 Å². The van der Waals surface area contributed by atoms with E-state index in [9.17, 15) is 9.59 Å². The standard InChI is InChI=1S/C27H28N4O2/c1-16-5-9-18(10-6-16)24-23-21(13-27(3,4)14-22(23)32)30-25-20(15-28-31(24)25)26(33)29-19-11-7-17(2)8-12-19/h5-12,15,24,30H,13-14H2,1-4H3,(H,29,33)/t24-/m1/s1. The molecule has 168 valence electrons. The van der Waals surface area contributed by atoms with Crippen LogP contribution in [0.3, 0.4) is 0 Å². The Bertz CT molecular complexity index is 1280. The number of ketones is 1. The van der Waals surface area contributed by atoms with Gasteiger partial charge in [0.2, 0.25) is 0 Å². The van der Waals surface area contributed by atoms with E-state index in [-0.39, 0.29) is 23.1 Å². The topological polar surface area (TPSA) is 76.0 Å². The minimum atomic E-state index is -0.360. The molecule has 2 aliphatic rings. The van der Waals surface area contributed by atoms with Gasteiger partial charge in [0.15, 0.2) is 5.78 Å². The average molecular weight is 441 g/mol. The molecule has 6 nitrogen and oxygen atoms in total. The first kappa shape index (κ1) is 21.2. The van der Waals surface area contributed by atoms with Crippen molar-refractivity contribution in [2.75, 3.05) is 10.6 Å². The molecule has 2 aromatic carbocycles. The first-order valence-electron chi connectivity index (χ1n) is 11.3. The van der Waals surface area contributed by atoms with E-state index in [4.69, 9.17) is 0 Å². The smallest absolute Gasteiger partial charge is 0.261 e. The molecule has 0 bridgehead atoms. The molecule has 33 heavy (non-hydrogen) atoms. The molecule has 1 aliphatic heterocycles. The van der Waals surface area contributed by atoms with Crippen molar-refractivity contribution < 1.29 is 9.59 Å². The number of allylic oxidation sites excluding steroid dienone is 2. The molecule has 0 radical (unpaired) electrons. The fourth-order valence-corrected chi connectivity index (χ4v) is 4.77. The Morgan fingerprint density at radius 2 is 1.67 bits per heavy atom. The van der Waals surface area contributed by atoms with Gasteiger partial charge in [0, 0.05) is 23.4 Å². The molecule has 0 unspecified atom stereocenters. The number of nitrogens with zero attached hydrogens (tertiary/aromatic N) is 2. The summed E-state index contributed by atoms with van der Waals surface area (Å²) >= 11 is 0. The molecular formula is C27H28N4O2.